The van der Waals surface area contributed by atoms with Gasteiger partial charge in [-0.15, -0.1) is 0 Å². The fraction of sp³-hybridized carbons (Fsp3) is 0.119. The van der Waals surface area contributed by atoms with E-state index in [4.69, 9.17) is 29.1 Å². The fourth-order valence-corrected chi connectivity index (χ4v) is 15.6. The molecule has 0 heterocycles. The van der Waals surface area contributed by atoms with E-state index in [1.807, 2.05) is 0 Å². The first kappa shape index (κ1) is 41.2. The van der Waals surface area contributed by atoms with Crippen molar-refractivity contribution in [3.8, 4) is 0 Å². The van der Waals surface area contributed by atoms with Gasteiger partial charge in [-0.25, -0.2) is 4.57 Å². The van der Waals surface area contributed by atoms with Gasteiger partial charge >= 0.3 is 262 Å². The minimum absolute atomic E-state index is 0.833. The van der Waals surface area contributed by atoms with Gasteiger partial charge in [-0.2, -0.15) is 0 Å². The molecular weight excluding hydrogens is 693 g/mol. The third-order valence-electron chi connectivity index (χ3n) is 8.66. The van der Waals surface area contributed by atoms with Crippen LogP contribution in [0.15, 0.2) is 182 Å². The smallest absolute Gasteiger partial charge is 0.303 e. The van der Waals surface area contributed by atoms with Gasteiger partial charge in [0.2, 0.25) is 0 Å². The van der Waals surface area contributed by atoms with Crippen LogP contribution in [0.3, 0.4) is 0 Å². The number of carboxylic acid groups (broad SMARTS) is 1. The second-order valence-electron chi connectivity index (χ2n) is 11.7. The Morgan fingerprint density at radius 2 is 0.549 bits per heavy atom. The molecule has 9 heteroatoms. The molecule has 6 rings (SSSR count). The fourth-order valence-electron chi connectivity index (χ4n) is 6.56. The van der Waals surface area contributed by atoms with Crippen LogP contribution in [0.2, 0.25) is 0 Å². The average molecular weight is 743 g/mol. The van der Waals surface area contributed by atoms with Gasteiger partial charge in [0.15, 0.2) is 0 Å². The summed E-state index contributed by atoms with van der Waals surface area (Å²) >= 11 is 0. The second-order valence-corrected chi connectivity index (χ2v) is 21.3. The van der Waals surface area contributed by atoms with Crippen molar-refractivity contribution in [1.29, 1.82) is 0 Å². The molecule has 0 amide bonds. The molecule has 0 saturated heterocycles. The molecule has 0 bridgehead atoms. The Bertz CT molecular complexity index is 1560. The molecule has 0 aliphatic heterocycles. The van der Waals surface area contributed by atoms with Crippen molar-refractivity contribution in [2.45, 2.75) is 20.8 Å². The zero-order valence-electron chi connectivity index (χ0n) is 29.3. The minimum atomic E-state index is -4.64. The Morgan fingerprint density at radius 1 is 0.431 bits per heavy atom. The summed E-state index contributed by atoms with van der Waals surface area (Å²) in [5, 5.41) is 16.4. The first-order valence-corrected chi connectivity index (χ1v) is 22.8. The van der Waals surface area contributed by atoms with E-state index in [2.05, 4.69) is 196 Å². The Balaban J connectivity index is 0.000000223. The van der Waals surface area contributed by atoms with Crippen LogP contribution < -0.4 is 31.8 Å². The van der Waals surface area contributed by atoms with E-state index in [0.717, 1.165) is 6.92 Å². The molecule has 0 aliphatic rings. The average Bonchev–Trinajstić information content (AvgIpc) is 3.15. The molecule has 0 spiro atoms. The summed E-state index contributed by atoms with van der Waals surface area (Å²) < 4.78 is 8.88. The van der Waals surface area contributed by atoms with Crippen LogP contribution in [-0.4, -0.2) is 38.1 Å². The van der Waals surface area contributed by atoms with Gasteiger partial charge in [-0.1, -0.05) is 0 Å². The van der Waals surface area contributed by atoms with Gasteiger partial charge in [0.25, 0.3) is 5.97 Å². The van der Waals surface area contributed by atoms with Crippen molar-refractivity contribution in [1.82, 2.24) is 0 Å². The van der Waals surface area contributed by atoms with Crippen LogP contribution in [-0.2, 0) is 9.36 Å². The van der Waals surface area contributed by atoms with Gasteiger partial charge in [0.05, 0.1) is 0 Å². The molecule has 0 atom stereocenters. The van der Waals surface area contributed by atoms with E-state index in [1.54, 1.807) is 0 Å². The first-order chi connectivity index (χ1) is 24.5. The number of phosphoric acid groups is 1. The van der Waals surface area contributed by atoms with E-state index in [1.165, 1.54) is 44.2 Å². The van der Waals surface area contributed by atoms with Gasteiger partial charge in [0.1, 0.15) is 0 Å². The van der Waals surface area contributed by atoms with Crippen molar-refractivity contribution < 1.29 is 29.1 Å². The van der Waals surface area contributed by atoms with Crippen molar-refractivity contribution in [3.05, 3.63) is 182 Å². The molecule has 6 aromatic carbocycles. The Morgan fingerprint density at radius 3 is 0.647 bits per heavy atom. The van der Waals surface area contributed by atoms with Crippen molar-refractivity contribution >= 4 is 60.1 Å². The summed E-state index contributed by atoms with van der Waals surface area (Å²) in [4.78, 5) is 30.6. The predicted octanol–water partition coefficient (Wildman–Crippen LogP) is 6.63. The number of benzene rings is 6. The predicted molar refractivity (Wildman–Crippen MR) is 222 cm³/mol. The maximum absolute atomic E-state index is 9.00. The molecule has 268 valence electrons. The summed E-state index contributed by atoms with van der Waals surface area (Å²) in [6.07, 6.45) is 2.34. The number of carboxylic acids is 1. The number of aliphatic carboxylic acids is 1. The van der Waals surface area contributed by atoms with Crippen LogP contribution in [0, 0.1) is 0 Å². The van der Waals surface area contributed by atoms with E-state index in [-0.39, 0.29) is 0 Å². The van der Waals surface area contributed by atoms with Crippen molar-refractivity contribution in [2.75, 3.05) is 12.3 Å². The molecule has 0 aromatic heterocycles. The normalized spacial score (nSPS) is 11.6. The molecule has 0 radical (unpaired) electrons. The zero-order chi connectivity index (χ0) is 37.2. The molecule has 51 heavy (non-hydrogen) atoms. The largest absolute Gasteiger partial charge is 0.466 e. The molecular formula is C42H49O6P3. The minimum Gasteiger partial charge on any atom is -0.303 e. The molecule has 4 N–H and O–H groups in total. The van der Waals surface area contributed by atoms with E-state index >= 15 is 0 Å². The maximum atomic E-state index is 9.00. The number of carbonyl (C=O) groups is 1. The number of rotatable bonds is 8. The standard InChI is InChI=1S/2C20H21P.C2H4O2.H3O4P/c2*1-2-21(18-12-6-3-7-13-18,19-14-8-4-9-15-19)20-16-10-5-11-17-20;1-2(3)4;1-5(2,3)4/h2*3-17,21H,2H2,1H3;1H3,(H,3,4);(H3,1,2,3,4). The summed E-state index contributed by atoms with van der Waals surface area (Å²) in [5.41, 5.74) is 0. The topological polar surface area (TPSA) is 115 Å². The van der Waals surface area contributed by atoms with Crippen LogP contribution in [0.1, 0.15) is 20.8 Å². The summed E-state index contributed by atoms with van der Waals surface area (Å²) in [6, 6.07) is 66.2. The molecule has 0 fully saturated rings. The van der Waals surface area contributed by atoms with E-state index in [9.17, 15) is 0 Å². The van der Waals surface area contributed by atoms with Crippen LogP contribution in [0.5, 0.6) is 0 Å². The maximum Gasteiger partial charge on any atom is 0.466 e. The molecule has 6 nitrogen and oxygen atoms in total. The third kappa shape index (κ3) is 11.9. The first-order valence-electron chi connectivity index (χ1n) is 16.8. The van der Waals surface area contributed by atoms with Crippen LogP contribution in [0.4, 0.5) is 0 Å². The van der Waals surface area contributed by atoms with Crippen LogP contribution >= 0.6 is 22.3 Å². The molecule has 0 saturated carbocycles. The molecule has 6 aromatic rings. The van der Waals surface area contributed by atoms with Crippen LogP contribution in [0.25, 0.3) is 0 Å². The Hall–Kier alpha value is -4.24. The van der Waals surface area contributed by atoms with Gasteiger partial charge in [-0.05, 0) is 0 Å². The van der Waals surface area contributed by atoms with Crippen molar-refractivity contribution in [3.63, 3.8) is 0 Å². The van der Waals surface area contributed by atoms with Gasteiger partial charge in [0, 0.05) is 6.92 Å². The van der Waals surface area contributed by atoms with Gasteiger partial charge < -0.3 is 19.8 Å². The third-order valence-corrected chi connectivity index (χ3v) is 18.7. The molecule has 0 unspecified atom stereocenters. The summed E-state index contributed by atoms with van der Waals surface area (Å²) in [6.45, 7) is 5.75. The SMILES string of the molecule is CC(=O)O.CC[PH](c1ccccc1)(c1ccccc1)c1ccccc1.CC[PH](c1ccccc1)(c1ccccc1)c1ccccc1.O=P(O)(O)O. The Labute approximate surface area is 303 Å². The zero-order valence-corrected chi connectivity index (χ0v) is 32.2. The number of hydrogen-bond donors (Lipinski definition) is 4. The quantitative estimate of drug-likeness (QED) is 0.130. The Kier molecular flexibility index (Phi) is 16.6. The second kappa shape index (κ2) is 20.6. The monoisotopic (exact) mass is 742 g/mol. The summed E-state index contributed by atoms with van der Waals surface area (Å²) in [7, 11) is -8.43. The molecule has 0 aliphatic carbocycles. The number of hydrogen-bond acceptors (Lipinski definition) is 2. The van der Waals surface area contributed by atoms with Gasteiger partial charge in [-0.3, -0.25) is 4.79 Å². The van der Waals surface area contributed by atoms with E-state index in [0.29, 0.717) is 0 Å². The van der Waals surface area contributed by atoms with E-state index < -0.39 is 28.3 Å². The van der Waals surface area contributed by atoms with Crippen molar-refractivity contribution in [2.24, 2.45) is 0 Å². The summed E-state index contributed by atoms with van der Waals surface area (Å²) in [5.74, 6) is -0.833.